The summed E-state index contributed by atoms with van der Waals surface area (Å²) in [7, 11) is 0. The van der Waals surface area contributed by atoms with Gasteiger partial charge in [-0.2, -0.15) is 5.26 Å². The predicted octanol–water partition coefficient (Wildman–Crippen LogP) is 6.48. The van der Waals surface area contributed by atoms with Crippen LogP contribution in [-0.4, -0.2) is 17.3 Å². The Labute approximate surface area is 211 Å². The van der Waals surface area contributed by atoms with Crippen molar-refractivity contribution in [2.45, 2.75) is 99.8 Å². The first-order valence-corrected chi connectivity index (χ1v) is 13.9. The summed E-state index contributed by atoms with van der Waals surface area (Å²) in [4.78, 5) is 40.4. The van der Waals surface area contributed by atoms with Gasteiger partial charge in [0.25, 0.3) is 0 Å². The van der Waals surface area contributed by atoms with Crippen LogP contribution in [0.2, 0.25) is 0 Å². The minimum atomic E-state index is -0.348. The fourth-order valence-corrected chi connectivity index (χ4v) is 10.5. The highest BCUT2D eigenvalue weighted by Crippen LogP contribution is 2.75. The van der Waals surface area contributed by atoms with Crippen molar-refractivity contribution < 1.29 is 14.4 Å². The normalized spacial score (nSPS) is 50.6. The fourth-order valence-electron chi connectivity index (χ4n) is 10.5. The number of ketones is 3. The van der Waals surface area contributed by atoms with Crippen LogP contribution in [-0.2, 0) is 14.4 Å². The first kappa shape index (κ1) is 24.9. The molecule has 5 rings (SSSR count). The Balaban J connectivity index is 1.64. The lowest BCUT2D eigenvalue weighted by Gasteiger charge is -2.71. The molecule has 0 radical (unpaired) electrons. The van der Waals surface area contributed by atoms with E-state index >= 15 is 0 Å². The zero-order chi connectivity index (χ0) is 25.8. The molecule has 0 spiro atoms. The van der Waals surface area contributed by atoms with Gasteiger partial charge in [0.15, 0.2) is 5.78 Å². The van der Waals surface area contributed by atoms with E-state index in [1.807, 2.05) is 13.0 Å². The molecule has 5 aliphatic carbocycles. The third-order valence-electron chi connectivity index (χ3n) is 12.8. The van der Waals surface area contributed by atoms with Crippen molar-refractivity contribution in [3.05, 3.63) is 11.6 Å². The highest BCUT2D eigenvalue weighted by atomic mass is 16.1. The lowest BCUT2D eigenvalue weighted by molar-refractivity contribution is -0.217. The first-order valence-electron chi connectivity index (χ1n) is 13.9. The Morgan fingerprint density at radius 2 is 1.63 bits per heavy atom. The van der Waals surface area contributed by atoms with Crippen molar-refractivity contribution in [1.29, 1.82) is 5.26 Å². The zero-order valence-corrected chi connectivity index (χ0v) is 22.8. The molecule has 0 aromatic heterocycles. The number of allylic oxidation sites excluding steroid dienone is 2. The lowest BCUT2D eigenvalue weighted by Crippen LogP contribution is -2.68. The van der Waals surface area contributed by atoms with Gasteiger partial charge >= 0.3 is 0 Å². The minimum absolute atomic E-state index is 0.0295. The van der Waals surface area contributed by atoms with E-state index in [9.17, 15) is 19.6 Å². The van der Waals surface area contributed by atoms with Gasteiger partial charge in [-0.05, 0) is 91.3 Å². The maximum Gasteiger partial charge on any atom is 0.176 e. The number of carbonyl (C=O) groups is 3. The number of rotatable bonds is 1. The van der Waals surface area contributed by atoms with Gasteiger partial charge in [0, 0.05) is 23.7 Å². The molecule has 35 heavy (non-hydrogen) atoms. The van der Waals surface area contributed by atoms with E-state index < -0.39 is 0 Å². The van der Waals surface area contributed by atoms with Gasteiger partial charge in [-0.3, -0.25) is 14.4 Å². The van der Waals surface area contributed by atoms with Crippen LogP contribution in [0.4, 0.5) is 0 Å². The highest BCUT2D eigenvalue weighted by Gasteiger charge is 2.71. The maximum absolute atomic E-state index is 14.3. The number of hydrogen-bond acceptors (Lipinski definition) is 4. The molecule has 0 amide bonds. The summed E-state index contributed by atoms with van der Waals surface area (Å²) in [5.41, 5.74) is -0.502. The van der Waals surface area contributed by atoms with Crippen LogP contribution in [0.5, 0.6) is 0 Å². The second kappa shape index (κ2) is 7.39. The van der Waals surface area contributed by atoms with E-state index in [0.717, 1.165) is 44.9 Å². The molecule has 0 bridgehead atoms. The molecule has 4 fully saturated rings. The molecule has 0 aliphatic heterocycles. The summed E-state index contributed by atoms with van der Waals surface area (Å²) in [6.07, 6.45) is 9.14. The van der Waals surface area contributed by atoms with Gasteiger partial charge in [-0.1, -0.05) is 47.6 Å². The van der Waals surface area contributed by atoms with Gasteiger partial charge in [0.2, 0.25) is 0 Å². The quantitative estimate of drug-likeness (QED) is 0.433. The summed E-state index contributed by atoms with van der Waals surface area (Å²) < 4.78 is 0. The summed E-state index contributed by atoms with van der Waals surface area (Å²) in [6, 6.07) is 2.18. The van der Waals surface area contributed by atoms with Gasteiger partial charge in [-0.15, -0.1) is 0 Å². The predicted molar refractivity (Wildman–Crippen MR) is 135 cm³/mol. The van der Waals surface area contributed by atoms with Crippen LogP contribution < -0.4 is 0 Å². The van der Waals surface area contributed by atoms with Crippen LogP contribution in [0.25, 0.3) is 0 Å². The minimum Gasteiger partial charge on any atom is -0.299 e. The van der Waals surface area contributed by atoms with Crippen LogP contribution in [0.15, 0.2) is 11.6 Å². The Morgan fingerprint density at radius 1 is 0.971 bits per heavy atom. The number of fused-ring (bicyclic) bond motifs is 7. The van der Waals surface area contributed by atoms with Gasteiger partial charge in [0.1, 0.15) is 17.6 Å². The molecule has 0 aromatic rings. The topological polar surface area (TPSA) is 75.0 Å². The number of hydrogen-bond donors (Lipinski definition) is 0. The van der Waals surface area contributed by atoms with E-state index in [1.54, 1.807) is 6.92 Å². The van der Waals surface area contributed by atoms with Crippen molar-refractivity contribution in [3.8, 4) is 6.07 Å². The average Bonchev–Trinajstić information content (AvgIpc) is 2.77. The summed E-state index contributed by atoms with van der Waals surface area (Å²) in [5.74, 6) is 0.741. The van der Waals surface area contributed by atoms with Crippen molar-refractivity contribution >= 4 is 17.3 Å². The number of carbonyl (C=O) groups excluding carboxylic acids is 3. The van der Waals surface area contributed by atoms with Gasteiger partial charge in [0.05, 0.1) is 5.57 Å². The van der Waals surface area contributed by atoms with Gasteiger partial charge < -0.3 is 0 Å². The Morgan fingerprint density at radius 3 is 2.26 bits per heavy atom. The molecule has 0 saturated heterocycles. The van der Waals surface area contributed by atoms with Crippen molar-refractivity contribution in [1.82, 2.24) is 0 Å². The van der Waals surface area contributed by atoms with E-state index in [2.05, 4.69) is 40.7 Å². The standard InChI is InChI=1S/C31H43NO3/c1-18-21-8-9-29(6)24(28(21,5)15-20(17-32)26(18)35)14-23(34)25-22-16-27(3,4)10-12-31(22,19(2)33)13-11-30(25,29)7/h15,18,21-22,24-25H,8-14,16H2,1-7H3/t18-,21?,22?,24?,25?,28-,29+,30+,31+/m0/s1. The van der Waals surface area contributed by atoms with Crippen LogP contribution in [0, 0.1) is 68.0 Å². The number of Topliss-reactive ketones (excluding diaryl/α,β-unsaturated/α-hetero) is 3. The summed E-state index contributed by atoms with van der Waals surface area (Å²) >= 11 is 0. The Kier molecular flexibility index (Phi) is 5.26. The highest BCUT2D eigenvalue weighted by molar-refractivity contribution is 6.02. The molecule has 0 heterocycles. The molecule has 0 aromatic carbocycles. The zero-order valence-electron chi connectivity index (χ0n) is 22.8. The van der Waals surface area contributed by atoms with Crippen LogP contribution in [0.3, 0.4) is 0 Å². The second-order valence-electron chi connectivity index (χ2n) is 14.6. The van der Waals surface area contributed by atoms with Crippen molar-refractivity contribution in [2.24, 2.45) is 56.7 Å². The fraction of sp³-hybridized carbons (Fsp3) is 0.806. The Hall–Kier alpha value is -1.76. The molecule has 0 N–H and O–H groups in total. The first-order chi connectivity index (χ1) is 16.2. The molecular formula is C31H43NO3. The Bertz CT molecular complexity index is 1080. The van der Waals surface area contributed by atoms with Crippen LogP contribution >= 0.6 is 0 Å². The monoisotopic (exact) mass is 477 g/mol. The SMILES string of the molecule is CC(=O)[C@]12CCC(C)(C)CC1C1C(=O)CC3[C@@]4(C)C=C(C#N)C(=O)[C@@H](C)C4CC[C@@]3(C)[C@]1(C)CC2. The molecule has 190 valence electrons. The average molecular weight is 478 g/mol. The number of nitriles is 1. The van der Waals surface area contributed by atoms with Crippen LogP contribution in [0.1, 0.15) is 99.8 Å². The van der Waals surface area contributed by atoms with E-state index in [4.69, 9.17) is 0 Å². The lowest BCUT2D eigenvalue weighted by atomic mass is 9.32. The largest absolute Gasteiger partial charge is 0.299 e. The van der Waals surface area contributed by atoms with E-state index in [0.29, 0.717) is 12.2 Å². The third kappa shape index (κ3) is 2.99. The molecule has 9 atom stereocenters. The molecule has 4 saturated carbocycles. The summed E-state index contributed by atoms with van der Waals surface area (Å²) in [6.45, 7) is 15.4. The van der Waals surface area contributed by atoms with Crippen molar-refractivity contribution in [3.63, 3.8) is 0 Å². The molecule has 4 nitrogen and oxygen atoms in total. The maximum atomic E-state index is 14.3. The van der Waals surface area contributed by atoms with E-state index in [1.165, 1.54) is 0 Å². The molecule has 4 heteroatoms. The summed E-state index contributed by atoms with van der Waals surface area (Å²) in [5, 5.41) is 9.76. The second-order valence-corrected chi connectivity index (χ2v) is 14.6. The smallest absolute Gasteiger partial charge is 0.176 e. The van der Waals surface area contributed by atoms with Gasteiger partial charge in [-0.25, -0.2) is 0 Å². The molecule has 4 unspecified atom stereocenters. The third-order valence-corrected chi connectivity index (χ3v) is 12.8. The molecule has 5 aliphatic rings. The van der Waals surface area contributed by atoms with Crippen molar-refractivity contribution in [2.75, 3.05) is 0 Å². The number of nitrogens with zero attached hydrogens (tertiary/aromatic N) is 1. The van der Waals surface area contributed by atoms with E-state index in [-0.39, 0.29) is 73.8 Å². The molecular weight excluding hydrogens is 434 g/mol.